The van der Waals surface area contributed by atoms with Gasteiger partial charge in [-0.15, -0.1) is 5.10 Å². The van der Waals surface area contributed by atoms with Crippen LogP contribution in [0.25, 0.3) is 22.6 Å². The second kappa shape index (κ2) is 8.97. The molecule has 0 bridgehead atoms. The highest BCUT2D eigenvalue weighted by Gasteiger charge is 2.33. The Hall–Kier alpha value is -3.21. The summed E-state index contributed by atoms with van der Waals surface area (Å²) in [5.74, 6) is 1.15. The first-order valence-electron chi connectivity index (χ1n) is 11.6. The van der Waals surface area contributed by atoms with Crippen molar-refractivity contribution in [2.75, 3.05) is 13.1 Å². The number of rotatable bonds is 5. The summed E-state index contributed by atoms with van der Waals surface area (Å²) in [6.07, 6.45) is 3.46. The van der Waals surface area contributed by atoms with Gasteiger partial charge in [-0.05, 0) is 68.9 Å². The first-order chi connectivity index (χ1) is 16.0. The lowest BCUT2D eigenvalue weighted by molar-refractivity contribution is 0.0606. The maximum Gasteiger partial charge on any atom is 0.199 e. The van der Waals surface area contributed by atoms with Gasteiger partial charge in [-0.1, -0.05) is 18.2 Å². The monoisotopic (exact) mass is 444 g/mol. The van der Waals surface area contributed by atoms with Gasteiger partial charge in [0.05, 0.1) is 29.4 Å². The van der Waals surface area contributed by atoms with E-state index in [2.05, 4.69) is 39.5 Å². The molecule has 0 saturated carbocycles. The first kappa shape index (κ1) is 21.6. The van der Waals surface area contributed by atoms with E-state index in [4.69, 9.17) is 9.26 Å². The lowest BCUT2D eigenvalue weighted by atomic mass is 9.96. The lowest BCUT2D eigenvalue weighted by Crippen LogP contribution is -2.37. The van der Waals surface area contributed by atoms with Crippen LogP contribution in [0.15, 0.2) is 40.9 Å². The van der Waals surface area contributed by atoms with Gasteiger partial charge in [0.15, 0.2) is 5.76 Å². The zero-order valence-electron chi connectivity index (χ0n) is 19.0. The van der Waals surface area contributed by atoms with Crippen LogP contribution in [0.1, 0.15) is 55.8 Å². The number of hydrogen-bond donors (Lipinski definition) is 1. The number of aliphatic hydroxyl groups is 1. The van der Waals surface area contributed by atoms with Crippen LogP contribution in [0.5, 0.6) is 5.75 Å². The molecule has 1 aromatic heterocycles. The lowest BCUT2D eigenvalue weighted by Gasteiger charge is -2.34. The van der Waals surface area contributed by atoms with Gasteiger partial charge < -0.3 is 14.4 Å². The molecule has 170 valence electrons. The summed E-state index contributed by atoms with van der Waals surface area (Å²) in [4.78, 5) is 2.50. The van der Waals surface area contributed by atoms with E-state index in [-0.39, 0.29) is 12.2 Å². The van der Waals surface area contributed by atoms with Gasteiger partial charge in [-0.2, -0.15) is 5.26 Å². The number of ether oxygens (including phenoxy) is 1. The van der Waals surface area contributed by atoms with Crippen molar-refractivity contribution in [2.45, 2.75) is 57.8 Å². The van der Waals surface area contributed by atoms with Gasteiger partial charge in [0, 0.05) is 30.0 Å². The number of aliphatic hydroxyl groups excluding tert-OH is 1. The molecule has 1 aliphatic carbocycles. The molecule has 2 heterocycles. The van der Waals surface area contributed by atoms with Crippen LogP contribution in [0.3, 0.4) is 0 Å². The Balaban J connectivity index is 1.55. The fraction of sp³-hybridized carbons (Fsp3) is 0.423. The van der Waals surface area contributed by atoms with E-state index in [0.29, 0.717) is 34.4 Å². The molecule has 0 radical (unpaired) electrons. The molecule has 3 aromatic rings. The summed E-state index contributed by atoms with van der Waals surface area (Å²) in [6, 6.07) is 14.2. The SMILES string of the molecule is CC(C)Oc1ccc(C#N)cc1-c1onnc1-c1cccc2c1CCC2N1CCC(O)CC1. The minimum absolute atomic E-state index is 0.0270. The molecular weight excluding hydrogens is 416 g/mol. The molecular formula is C26H28N4O3. The summed E-state index contributed by atoms with van der Waals surface area (Å²) in [5.41, 5.74) is 5.48. The Labute approximate surface area is 193 Å². The number of hydrogen-bond acceptors (Lipinski definition) is 7. The van der Waals surface area contributed by atoms with Crippen molar-refractivity contribution in [1.82, 2.24) is 15.3 Å². The van der Waals surface area contributed by atoms with Crippen molar-refractivity contribution in [3.05, 3.63) is 53.1 Å². The van der Waals surface area contributed by atoms with Crippen molar-refractivity contribution in [1.29, 1.82) is 5.26 Å². The fourth-order valence-electron chi connectivity index (χ4n) is 5.11. The summed E-state index contributed by atoms with van der Waals surface area (Å²) >= 11 is 0. The molecule has 1 saturated heterocycles. The third kappa shape index (κ3) is 4.12. The number of piperidine rings is 1. The van der Waals surface area contributed by atoms with Crippen LogP contribution >= 0.6 is 0 Å². The van der Waals surface area contributed by atoms with Gasteiger partial charge in [0.25, 0.3) is 0 Å². The Morgan fingerprint density at radius 1 is 1.15 bits per heavy atom. The molecule has 1 N–H and O–H groups in total. The summed E-state index contributed by atoms with van der Waals surface area (Å²) < 4.78 is 11.7. The van der Waals surface area contributed by atoms with Crippen LogP contribution in [0, 0.1) is 11.3 Å². The molecule has 1 unspecified atom stereocenters. The largest absolute Gasteiger partial charge is 0.490 e. The average Bonchev–Trinajstić information content (AvgIpc) is 3.47. The second-order valence-electron chi connectivity index (χ2n) is 9.13. The Bertz CT molecular complexity index is 1190. The van der Waals surface area contributed by atoms with Crippen LogP contribution in [0.2, 0.25) is 0 Å². The molecule has 1 atom stereocenters. The predicted molar refractivity (Wildman–Crippen MR) is 124 cm³/mol. The Kier molecular flexibility index (Phi) is 5.88. The Morgan fingerprint density at radius 3 is 2.73 bits per heavy atom. The van der Waals surface area contributed by atoms with Crippen molar-refractivity contribution in [3.63, 3.8) is 0 Å². The number of benzene rings is 2. The summed E-state index contributed by atoms with van der Waals surface area (Å²) in [5, 5.41) is 27.6. The van der Waals surface area contributed by atoms with Crippen molar-refractivity contribution in [3.8, 4) is 34.4 Å². The minimum Gasteiger partial charge on any atom is -0.490 e. The first-order valence-corrected chi connectivity index (χ1v) is 11.6. The van der Waals surface area contributed by atoms with E-state index in [1.54, 1.807) is 18.2 Å². The molecule has 2 aliphatic rings. The molecule has 1 aliphatic heterocycles. The maximum absolute atomic E-state index is 9.90. The highest BCUT2D eigenvalue weighted by Crippen LogP contribution is 2.44. The van der Waals surface area contributed by atoms with Crippen LogP contribution < -0.4 is 4.74 Å². The molecule has 33 heavy (non-hydrogen) atoms. The molecule has 0 spiro atoms. The number of nitrogens with zero attached hydrogens (tertiary/aromatic N) is 4. The quantitative estimate of drug-likeness (QED) is 0.619. The van der Waals surface area contributed by atoms with Gasteiger partial charge in [0.2, 0.25) is 0 Å². The molecule has 7 heteroatoms. The van der Waals surface area contributed by atoms with Crippen LogP contribution in [-0.4, -0.2) is 45.7 Å². The fourth-order valence-corrected chi connectivity index (χ4v) is 5.11. The third-order valence-corrected chi connectivity index (χ3v) is 6.64. The maximum atomic E-state index is 9.90. The smallest absolute Gasteiger partial charge is 0.199 e. The average molecular weight is 445 g/mol. The van der Waals surface area contributed by atoms with E-state index in [9.17, 15) is 10.4 Å². The van der Waals surface area contributed by atoms with E-state index in [0.717, 1.165) is 44.3 Å². The zero-order valence-corrected chi connectivity index (χ0v) is 19.0. The number of aromatic nitrogens is 2. The zero-order chi connectivity index (χ0) is 22.9. The second-order valence-corrected chi connectivity index (χ2v) is 9.13. The van der Waals surface area contributed by atoms with Crippen LogP contribution in [-0.2, 0) is 6.42 Å². The molecule has 7 nitrogen and oxygen atoms in total. The molecule has 1 fully saturated rings. The number of nitriles is 1. The van der Waals surface area contributed by atoms with Crippen LogP contribution in [0.4, 0.5) is 0 Å². The highest BCUT2D eigenvalue weighted by molar-refractivity contribution is 5.82. The van der Waals surface area contributed by atoms with Crippen molar-refractivity contribution in [2.24, 2.45) is 0 Å². The highest BCUT2D eigenvalue weighted by atomic mass is 16.5. The Morgan fingerprint density at radius 2 is 1.97 bits per heavy atom. The van der Waals surface area contributed by atoms with E-state index in [1.807, 2.05) is 13.8 Å². The van der Waals surface area contributed by atoms with E-state index in [1.165, 1.54) is 11.1 Å². The standard InChI is InChI=1S/C26H28N4O3/c1-16(2)32-24-9-6-17(15-27)14-22(24)26-25(28-29-33-26)21-5-3-4-20-19(21)7-8-23(20)30-12-10-18(31)11-13-30/h3-6,9,14,16,18,23,31H,7-8,10-13H2,1-2H3. The van der Waals surface area contributed by atoms with Gasteiger partial charge in [0.1, 0.15) is 11.4 Å². The summed E-state index contributed by atoms with van der Waals surface area (Å²) in [6.45, 7) is 5.77. The van der Waals surface area contributed by atoms with E-state index < -0.39 is 0 Å². The van der Waals surface area contributed by atoms with Gasteiger partial charge in [-0.3, -0.25) is 4.90 Å². The normalized spacial score (nSPS) is 18.9. The minimum atomic E-state index is -0.177. The molecule has 5 rings (SSSR count). The summed E-state index contributed by atoms with van der Waals surface area (Å²) in [7, 11) is 0. The van der Waals surface area contributed by atoms with Crippen molar-refractivity contribution >= 4 is 0 Å². The third-order valence-electron chi connectivity index (χ3n) is 6.64. The van der Waals surface area contributed by atoms with Gasteiger partial charge in [-0.25, -0.2) is 0 Å². The molecule has 0 amide bonds. The topological polar surface area (TPSA) is 95.4 Å². The van der Waals surface area contributed by atoms with Crippen molar-refractivity contribution < 1.29 is 14.4 Å². The predicted octanol–water partition coefficient (Wildman–Crippen LogP) is 4.51. The van der Waals surface area contributed by atoms with E-state index >= 15 is 0 Å². The number of likely N-dealkylation sites (tertiary alicyclic amines) is 1. The number of fused-ring (bicyclic) bond motifs is 1. The van der Waals surface area contributed by atoms with Gasteiger partial charge >= 0.3 is 0 Å². The molecule has 2 aromatic carbocycles.